The van der Waals surface area contributed by atoms with Crippen LogP contribution in [0.5, 0.6) is 17.2 Å². The highest BCUT2D eigenvalue weighted by Gasteiger charge is 2.31. The van der Waals surface area contributed by atoms with Gasteiger partial charge in [-0.3, -0.25) is 13.9 Å². The van der Waals surface area contributed by atoms with Crippen molar-refractivity contribution >= 4 is 27.5 Å². The monoisotopic (exact) mass is 535 g/mol. The van der Waals surface area contributed by atoms with Gasteiger partial charge in [-0.05, 0) is 50.1 Å². The minimum atomic E-state index is -3.87. The quantitative estimate of drug-likeness (QED) is 0.419. The lowest BCUT2D eigenvalue weighted by Gasteiger charge is -2.32. The number of anilines is 1. The molecule has 0 aliphatic heterocycles. The Kier molecular flexibility index (Phi) is 10.6. The average molecular weight is 536 g/mol. The molecule has 0 saturated carbocycles. The van der Waals surface area contributed by atoms with E-state index < -0.39 is 28.5 Å². The minimum absolute atomic E-state index is 0.0780. The predicted molar refractivity (Wildman–Crippen MR) is 143 cm³/mol. The van der Waals surface area contributed by atoms with Crippen LogP contribution in [0.15, 0.2) is 42.5 Å². The highest BCUT2D eigenvalue weighted by atomic mass is 32.2. The Balaban J connectivity index is 2.45. The molecule has 0 saturated heterocycles. The Labute approximate surface area is 219 Å². The molecule has 2 amide bonds. The summed E-state index contributed by atoms with van der Waals surface area (Å²) in [5.41, 5.74) is 0.958. The molecule has 11 heteroatoms. The third-order valence-electron chi connectivity index (χ3n) is 5.99. The summed E-state index contributed by atoms with van der Waals surface area (Å²) in [6, 6.07) is 10.8. The van der Waals surface area contributed by atoms with Crippen molar-refractivity contribution in [1.82, 2.24) is 10.2 Å². The van der Waals surface area contributed by atoms with Gasteiger partial charge in [0.05, 0.1) is 33.3 Å². The highest BCUT2D eigenvalue weighted by molar-refractivity contribution is 7.92. The molecule has 0 bridgehead atoms. The lowest BCUT2D eigenvalue weighted by Crippen LogP contribution is -2.52. The van der Waals surface area contributed by atoms with E-state index in [9.17, 15) is 18.0 Å². The van der Waals surface area contributed by atoms with Crippen LogP contribution in [-0.4, -0.2) is 71.3 Å². The molecule has 2 atom stereocenters. The van der Waals surface area contributed by atoms with Crippen molar-refractivity contribution in [2.24, 2.45) is 0 Å². The normalized spacial score (nSPS) is 12.7. The van der Waals surface area contributed by atoms with Crippen molar-refractivity contribution in [2.45, 2.75) is 45.8 Å². The topological polar surface area (TPSA) is 114 Å². The second kappa shape index (κ2) is 13.2. The van der Waals surface area contributed by atoms with E-state index in [1.807, 2.05) is 19.9 Å². The highest BCUT2D eigenvalue weighted by Crippen LogP contribution is 2.32. The number of hydrogen-bond donors (Lipinski definition) is 1. The second-order valence-corrected chi connectivity index (χ2v) is 10.6. The van der Waals surface area contributed by atoms with Crippen molar-refractivity contribution in [2.75, 3.05) is 38.4 Å². The first-order valence-electron chi connectivity index (χ1n) is 11.9. The molecule has 10 nitrogen and oxygen atoms in total. The van der Waals surface area contributed by atoms with E-state index in [0.717, 1.165) is 22.5 Å². The van der Waals surface area contributed by atoms with Crippen LogP contribution < -0.4 is 23.8 Å². The van der Waals surface area contributed by atoms with Gasteiger partial charge in [0.2, 0.25) is 21.8 Å². The van der Waals surface area contributed by atoms with Crippen molar-refractivity contribution in [3.8, 4) is 17.2 Å². The number of nitrogens with one attached hydrogen (secondary N) is 1. The van der Waals surface area contributed by atoms with E-state index >= 15 is 0 Å². The number of methoxy groups -OCH3 is 3. The molecular weight excluding hydrogens is 498 g/mol. The van der Waals surface area contributed by atoms with E-state index in [2.05, 4.69) is 5.32 Å². The zero-order valence-corrected chi connectivity index (χ0v) is 23.3. The van der Waals surface area contributed by atoms with Crippen LogP contribution in [0.4, 0.5) is 5.69 Å². The van der Waals surface area contributed by atoms with E-state index in [-0.39, 0.29) is 24.2 Å². The fourth-order valence-corrected chi connectivity index (χ4v) is 4.45. The predicted octanol–water partition coefficient (Wildman–Crippen LogP) is 2.81. The van der Waals surface area contributed by atoms with Crippen LogP contribution in [0, 0.1) is 0 Å². The van der Waals surface area contributed by atoms with Gasteiger partial charge in [0.15, 0.2) is 11.5 Å². The van der Waals surface area contributed by atoms with Gasteiger partial charge in [-0.2, -0.15) is 0 Å². The Hall–Kier alpha value is -3.47. The van der Waals surface area contributed by atoms with E-state index in [0.29, 0.717) is 17.2 Å². The molecule has 0 spiro atoms. The van der Waals surface area contributed by atoms with Crippen LogP contribution in [0.3, 0.4) is 0 Å². The summed E-state index contributed by atoms with van der Waals surface area (Å²) in [6.07, 6.45) is 1.74. The van der Waals surface area contributed by atoms with Gasteiger partial charge in [0, 0.05) is 18.7 Å². The van der Waals surface area contributed by atoms with Gasteiger partial charge < -0.3 is 24.4 Å². The molecule has 0 unspecified atom stereocenters. The lowest BCUT2D eigenvalue weighted by atomic mass is 10.1. The number of nitrogens with zero attached hydrogens (tertiary/aromatic N) is 2. The van der Waals surface area contributed by atoms with Crippen LogP contribution in [0.1, 0.15) is 32.8 Å². The number of ether oxygens (including phenoxy) is 3. The van der Waals surface area contributed by atoms with Gasteiger partial charge >= 0.3 is 0 Å². The van der Waals surface area contributed by atoms with E-state index in [1.54, 1.807) is 31.2 Å². The van der Waals surface area contributed by atoms with Gasteiger partial charge in [-0.25, -0.2) is 8.42 Å². The molecule has 204 valence electrons. The SMILES string of the molecule is CC[C@@H](C)NC(=O)[C@H](C)N(Cc1cccc(OC)c1)C(=O)CN(c1ccc(OC)c(OC)c1)S(C)(=O)=O. The minimum Gasteiger partial charge on any atom is -0.497 e. The van der Waals surface area contributed by atoms with Gasteiger partial charge in [0.25, 0.3) is 0 Å². The molecule has 2 aromatic carbocycles. The average Bonchev–Trinajstić information content (AvgIpc) is 2.88. The van der Waals surface area contributed by atoms with E-state index in [4.69, 9.17) is 14.2 Å². The van der Waals surface area contributed by atoms with Gasteiger partial charge in [0.1, 0.15) is 18.3 Å². The van der Waals surface area contributed by atoms with E-state index in [1.165, 1.54) is 38.4 Å². The van der Waals surface area contributed by atoms with Crippen LogP contribution in [0.2, 0.25) is 0 Å². The summed E-state index contributed by atoms with van der Waals surface area (Å²) < 4.78 is 42.3. The Bertz CT molecular complexity index is 1190. The summed E-state index contributed by atoms with van der Waals surface area (Å²) in [4.78, 5) is 28.0. The zero-order valence-electron chi connectivity index (χ0n) is 22.5. The molecule has 1 N–H and O–H groups in total. The summed E-state index contributed by atoms with van der Waals surface area (Å²) in [6.45, 7) is 5.01. The third kappa shape index (κ3) is 8.01. The maximum atomic E-state index is 13.7. The Morgan fingerprint density at radius 2 is 1.65 bits per heavy atom. The lowest BCUT2D eigenvalue weighted by molar-refractivity contribution is -0.139. The molecule has 0 aliphatic rings. The number of carbonyl (C=O) groups excluding carboxylic acids is 2. The fourth-order valence-electron chi connectivity index (χ4n) is 3.61. The number of carbonyl (C=O) groups is 2. The first-order valence-corrected chi connectivity index (χ1v) is 13.7. The summed E-state index contributed by atoms with van der Waals surface area (Å²) in [5, 5.41) is 2.90. The molecular formula is C26H37N3O7S. The number of amides is 2. The van der Waals surface area contributed by atoms with Crippen LogP contribution in [-0.2, 0) is 26.2 Å². The van der Waals surface area contributed by atoms with Crippen LogP contribution in [0.25, 0.3) is 0 Å². The van der Waals surface area contributed by atoms with Gasteiger partial charge in [-0.15, -0.1) is 0 Å². The largest absolute Gasteiger partial charge is 0.497 e. The third-order valence-corrected chi connectivity index (χ3v) is 7.13. The van der Waals surface area contributed by atoms with Crippen molar-refractivity contribution in [3.05, 3.63) is 48.0 Å². The standard InChI is InChI=1S/C26H37N3O7S/c1-8-18(2)27-26(31)19(3)28(16-20-10-9-11-22(14-20)34-4)25(30)17-29(37(7,32)33)21-12-13-23(35-5)24(15-21)36-6/h9-15,18-19H,8,16-17H2,1-7H3,(H,27,31)/t18-,19+/m1/s1. The van der Waals surface area contributed by atoms with Crippen molar-refractivity contribution in [1.29, 1.82) is 0 Å². The number of sulfonamides is 1. The Morgan fingerprint density at radius 1 is 0.973 bits per heavy atom. The summed E-state index contributed by atoms with van der Waals surface area (Å²) in [7, 11) is 0.570. The maximum absolute atomic E-state index is 13.7. The molecule has 2 aromatic rings. The molecule has 37 heavy (non-hydrogen) atoms. The smallest absolute Gasteiger partial charge is 0.244 e. The van der Waals surface area contributed by atoms with Crippen molar-refractivity contribution in [3.63, 3.8) is 0 Å². The number of benzene rings is 2. The van der Waals surface area contributed by atoms with Crippen molar-refractivity contribution < 1.29 is 32.2 Å². The molecule has 0 aromatic heterocycles. The molecule has 0 radical (unpaired) electrons. The summed E-state index contributed by atoms with van der Waals surface area (Å²) >= 11 is 0. The van der Waals surface area contributed by atoms with Crippen LogP contribution >= 0.6 is 0 Å². The fraction of sp³-hybridized carbons (Fsp3) is 0.462. The second-order valence-electron chi connectivity index (χ2n) is 8.68. The summed E-state index contributed by atoms with van der Waals surface area (Å²) in [5.74, 6) is 0.457. The molecule has 2 rings (SSSR count). The number of rotatable bonds is 13. The first kappa shape index (κ1) is 29.8. The molecule has 0 aliphatic carbocycles. The van der Waals surface area contributed by atoms with Gasteiger partial charge in [-0.1, -0.05) is 19.1 Å². The Morgan fingerprint density at radius 3 is 2.22 bits per heavy atom. The molecule has 0 fully saturated rings. The maximum Gasteiger partial charge on any atom is 0.244 e. The zero-order chi connectivity index (χ0) is 27.8. The number of hydrogen-bond acceptors (Lipinski definition) is 7. The first-order chi connectivity index (χ1) is 17.4. The molecule has 0 heterocycles.